The van der Waals surface area contributed by atoms with E-state index in [-0.39, 0.29) is 12.5 Å². The van der Waals surface area contributed by atoms with Crippen LogP contribution in [-0.2, 0) is 14.4 Å². The van der Waals surface area contributed by atoms with Gasteiger partial charge in [0.05, 0.1) is 5.54 Å². The first-order valence-electron chi connectivity index (χ1n) is 4.35. The van der Waals surface area contributed by atoms with Gasteiger partial charge in [-0.25, -0.2) is 5.48 Å². The highest BCUT2D eigenvalue weighted by Gasteiger charge is 2.26. The number of hydrogen-bond acceptors (Lipinski definition) is 4. The summed E-state index contributed by atoms with van der Waals surface area (Å²) in [5.74, 6) is -0.979. The second kappa shape index (κ2) is 5.56. The van der Waals surface area contributed by atoms with Gasteiger partial charge in [-0.2, -0.15) is 0 Å². The van der Waals surface area contributed by atoms with Crippen LogP contribution in [-0.4, -0.2) is 30.5 Å². The molecule has 14 heavy (non-hydrogen) atoms. The molecule has 0 heterocycles. The van der Waals surface area contributed by atoms with E-state index in [1.54, 1.807) is 13.8 Å². The van der Waals surface area contributed by atoms with E-state index in [4.69, 9.17) is 5.73 Å². The summed E-state index contributed by atoms with van der Waals surface area (Å²) >= 11 is 0. The number of carbonyl (C=O) groups is 2. The number of primary amides is 1. The molecule has 82 valence electrons. The summed E-state index contributed by atoms with van der Waals surface area (Å²) in [4.78, 5) is 26.2. The lowest BCUT2D eigenvalue weighted by Crippen LogP contribution is -2.52. The zero-order valence-electron chi connectivity index (χ0n) is 8.72. The summed E-state index contributed by atoms with van der Waals surface area (Å²) in [6, 6.07) is 0. The van der Waals surface area contributed by atoms with E-state index < -0.39 is 11.4 Å². The van der Waals surface area contributed by atoms with E-state index in [9.17, 15) is 9.59 Å². The van der Waals surface area contributed by atoms with Crippen LogP contribution in [0.15, 0.2) is 0 Å². The first-order valence-corrected chi connectivity index (χ1v) is 4.35. The van der Waals surface area contributed by atoms with Crippen LogP contribution in [0.3, 0.4) is 0 Å². The molecule has 0 aliphatic carbocycles. The molecule has 0 aliphatic rings. The molecule has 0 saturated carbocycles. The van der Waals surface area contributed by atoms with E-state index in [1.807, 2.05) is 6.92 Å². The zero-order valence-corrected chi connectivity index (χ0v) is 8.72. The van der Waals surface area contributed by atoms with Crippen molar-refractivity contribution in [2.45, 2.75) is 26.3 Å². The molecule has 0 rings (SSSR count). The first-order chi connectivity index (χ1) is 6.40. The average Bonchev–Trinajstić information content (AvgIpc) is 2.03. The Balaban J connectivity index is 3.88. The van der Waals surface area contributed by atoms with Crippen LogP contribution in [0.5, 0.6) is 0 Å². The first kappa shape index (κ1) is 12.9. The van der Waals surface area contributed by atoms with Gasteiger partial charge in [-0.3, -0.25) is 14.4 Å². The predicted molar refractivity (Wildman–Crippen MR) is 51.0 cm³/mol. The molecule has 0 spiro atoms. The number of nitrogens with one attached hydrogen (secondary N) is 2. The van der Waals surface area contributed by atoms with Crippen molar-refractivity contribution in [2.24, 2.45) is 5.73 Å². The zero-order chi connectivity index (χ0) is 11.2. The Morgan fingerprint density at radius 1 is 1.43 bits per heavy atom. The number of amides is 2. The van der Waals surface area contributed by atoms with Crippen LogP contribution in [0, 0.1) is 0 Å². The van der Waals surface area contributed by atoms with Crippen molar-refractivity contribution in [3.8, 4) is 0 Å². The van der Waals surface area contributed by atoms with Crippen LogP contribution < -0.4 is 16.5 Å². The third-order valence-corrected chi connectivity index (χ3v) is 1.57. The van der Waals surface area contributed by atoms with E-state index in [0.29, 0.717) is 6.54 Å². The number of carbonyl (C=O) groups excluding carboxylic acids is 2. The summed E-state index contributed by atoms with van der Waals surface area (Å²) in [6.07, 6.45) is 0. The van der Waals surface area contributed by atoms with E-state index in [0.717, 1.165) is 0 Å². The maximum absolute atomic E-state index is 11.4. The van der Waals surface area contributed by atoms with Gasteiger partial charge in [-0.1, -0.05) is 6.92 Å². The molecular formula is C8H17N3O3. The van der Waals surface area contributed by atoms with Gasteiger partial charge in [0.25, 0.3) is 5.91 Å². The van der Waals surface area contributed by atoms with Crippen LogP contribution in [0.2, 0.25) is 0 Å². The quantitative estimate of drug-likeness (QED) is 0.478. The Morgan fingerprint density at radius 2 is 2.00 bits per heavy atom. The Labute approximate surface area is 83.1 Å². The summed E-state index contributed by atoms with van der Waals surface area (Å²) in [5, 5.41) is 2.95. The fourth-order valence-electron chi connectivity index (χ4n) is 0.823. The van der Waals surface area contributed by atoms with Gasteiger partial charge in [0.15, 0.2) is 6.61 Å². The fourth-order valence-corrected chi connectivity index (χ4v) is 0.823. The lowest BCUT2D eigenvalue weighted by atomic mass is 10.1. The van der Waals surface area contributed by atoms with Gasteiger partial charge in [0.2, 0.25) is 5.91 Å². The van der Waals surface area contributed by atoms with Crippen molar-refractivity contribution in [1.29, 1.82) is 0 Å². The Morgan fingerprint density at radius 3 is 2.43 bits per heavy atom. The molecule has 2 amide bonds. The molecule has 6 nitrogen and oxygen atoms in total. The molecule has 0 radical (unpaired) electrons. The topological polar surface area (TPSA) is 93.4 Å². The lowest BCUT2D eigenvalue weighted by molar-refractivity contribution is -0.142. The second-order valence-electron chi connectivity index (χ2n) is 3.34. The van der Waals surface area contributed by atoms with Crippen molar-refractivity contribution in [3.63, 3.8) is 0 Å². The molecule has 0 atom stereocenters. The SMILES string of the molecule is CCNC(C)(C)C(=O)NOCC(N)=O. The third kappa shape index (κ3) is 4.78. The molecule has 0 fully saturated rings. The van der Waals surface area contributed by atoms with Gasteiger partial charge >= 0.3 is 0 Å². The minimum atomic E-state index is -0.730. The molecule has 0 aromatic heterocycles. The Bertz CT molecular complexity index is 216. The van der Waals surface area contributed by atoms with E-state index in [2.05, 4.69) is 15.6 Å². The Hall–Kier alpha value is -1.14. The molecule has 0 aliphatic heterocycles. The summed E-state index contributed by atoms with van der Waals surface area (Å²) in [6.45, 7) is 5.64. The molecule has 6 heteroatoms. The van der Waals surface area contributed by atoms with Crippen molar-refractivity contribution in [2.75, 3.05) is 13.2 Å². The fraction of sp³-hybridized carbons (Fsp3) is 0.750. The number of hydroxylamine groups is 1. The van der Waals surface area contributed by atoms with Crippen LogP contribution in [0.25, 0.3) is 0 Å². The number of likely N-dealkylation sites (N-methyl/N-ethyl adjacent to an activating group) is 1. The average molecular weight is 203 g/mol. The summed E-state index contributed by atoms with van der Waals surface area (Å²) < 4.78 is 0. The normalized spacial score (nSPS) is 11.1. The summed E-state index contributed by atoms with van der Waals surface area (Å²) in [5.41, 5.74) is 6.22. The number of hydrogen-bond donors (Lipinski definition) is 3. The van der Waals surface area contributed by atoms with E-state index >= 15 is 0 Å². The number of nitrogens with two attached hydrogens (primary N) is 1. The molecule has 0 unspecified atom stereocenters. The van der Waals surface area contributed by atoms with Crippen molar-refractivity contribution in [1.82, 2.24) is 10.8 Å². The third-order valence-electron chi connectivity index (χ3n) is 1.57. The van der Waals surface area contributed by atoms with Crippen molar-refractivity contribution >= 4 is 11.8 Å². The standard InChI is InChI=1S/C8H17N3O3/c1-4-10-8(2,3)7(13)11-14-5-6(9)12/h10H,4-5H2,1-3H3,(H2,9,12)(H,11,13). The molecule has 4 N–H and O–H groups in total. The maximum Gasteiger partial charge on any atom is 0.263 e. The molecule has 0 aromatic rings. The molecule has 0 saturated heterocycles. The minimum Gasteiger partial charge on any atom is -0.368 e. The van der Waals surface area contributed by atoms with Crippen LogP contribution in [0.1, 0.15) is 20.8 Å². The van der Waals surface area contributed by atoms with Gasteiger partial charge < -0.3 is 11.1 Å². The molecular weight excluding hydrogens is 186 g/mol. The smallest absolute Gasteiger partial charge is 0.263 e. The van der Waals surface area contributed by atoms with Gasteiger partial charge in [0.1, 0.15) is 0 Å². The van der Waals surface area contributed by atoms with Gasteiger partial charge in [-0.15, -0.1) is 0 Å². The van der Waals surface area contributed by atoms with Crippen molar-refractivity contribution < 1.29 is 14.4 Å². The monoisotopic (exact) mass is 203 g/mol. The second-order valence-corrected chi connectivity index (χ2v) is 3.34. The minimum absolute atomic E-state index is 0.325. The van der Waals surface area contributed by atoms with Gasteiger partial charge in [-0.05, 0) is 20.4 Å². The highest BCUT2D eigenvalue weighted by atomic mass is 16.7. The van der Waals surface area contributed by atoms with E-state index in [1.165, 1.54) is 0 Å². The highest BCUT2D eigenvalue weighted by Crippen LogP contribution is 2.00. The van der Waals surface area contributed by atoms with Crippen molar-refractivity contribution in [3.05, 3.63) is 0 Å². The molecule has 0 bridgehead atoms. The molecule has 0 aromatic carbocycles. The lowest BCUT2D eigenvalue weighted by Gasteiger charge is -2.23. The highest BCUT2D eigenvalue weighted by molar-refractivity contribution is 5.84. The predicted octanol–water partition coefficient (Wildman–Crippen LogP) is -1.09. The van der Waals surface area contributed by atoms with Crippen LogP contribution >= 0.6 is 0 Å². The largest absolute Gasteiger partial charge is 0.368 e. The van der Waals surface area contributed by atoms with Gasteiger partial charge in [0, 0.05) is 0 Å². The van der Waals surface area contributed by atoms with Crippen LogP contribution in [0.4, 0.5) is 0 Å². The number of rotatable bonds is 6. The Kier molecular flexibility index (Phi) is 5.11. The maximum atomic E-state index is 11.4. The summed E-state index contributed by atoms with van der Waals surface area (Å²) in [7, 11) is 0.